The van der Waals surface area contributed by atoms with Gasteiger partial charge in [0, 0.05) is 62.1 Å². The first-order valence-corrected chi connectivity index (χ1v) is 13.4. The van der Waals surface area contributed by atoms with Crippen molar-refractivity contribution in [2.45, 2.75) is 39.0 Å². The summed E-state index contributed by atoms with van der Waals surface area (Å²) in [4.78, 5) is 34.0. The van der Waals surface area contributed by atoms with Gasteiger partial charge < -0.3 is 18.8 Å². The lowest BCUT2D eigenvalue weighted by atomic mass is 10.6. The molecule has 2 aliphatic heterocycles. The fraction of sp³-hybridized carbons (Fsp3) is 0.875. The second-order valence-electron chi connectivity index (χ2n) is 7.60. The SMILES string of the molecule is CC(C)P1(=O)CCN(OC(=O)C(=O)ON2CCP(=O)(C(C)C)CC2)CC1. The predicted molar refractivity (Wildman–Crippen MR) is 100 cm³/mol. The largest absolute Gasteiger partial charge is 0.438 e. The van der Waals surface area contributed by atoms with E-state index in [4.69, 9.17) is 9.68 Å². The maximum atomic E-state index is 12.6. The van der Waals surface area contributed by atoms with Gasteiger partial charge in [-0.3, -0.25) is 0 Å². The molecule has 10 heteroatoms. The standard InChI is InChI=1S/C16H30N2O6P2/c1-13(2)25(21)9-5-17(6-10-25)23-15(19)16(20)24-18-7-11-26(22,12-8-18)14(3)4/h13-14H,5-12H2,1-4H3. The van der Waals surface area contributed by atoms with Gasteiger partial charge in [-0.05, 0) is 0 Å². The van der Waals surface area contributed by atoms with Crippen molar-refractivity contribution in [1.82, 2.24) is 10.1 Å². The molecule has 0 radical (unpaired) electrons. The first-order valence-electron chi connectivity index (χ1n) is 9.15. The average molecular weight is 408 g/mol. The lowest BCUT2D eigenvalue weighted by Gasteiger charge is -2.33. The summed E-state index contributed by atoms with van der Waals surface area (Å²) in [5.41, 5.74) is 0.234. The first kappa shape index (κ1) is 21.6. The third-order valence-electron chi connectivity index (χ3n) is 5.38. The summed E-state index contributed by atoms with van der Waals surface area (Å²) in [5.74, 6) is -2.16. The van der Waals surface area contributed by atoms with Crippen LogP contribution < -0.4 is 0 Å². The van der Waals surface area contributed by atoms with E-state index >= 15 is 0 Å². The first-order chi connectivity index (χ1) is 12.1. The lowest BCUT2D eigenvalue weighted by molar-refractivity contribution is -0.216. The zero-order valence-corrected chi connectivity index (χ0v) is 17.8. The van der Waals surface area contributed by atoms with Gasteiger partial charge in [0.1, 0.15) is 0 Å². The Hall–Kier alpha value is -0.680. The molecule has 0 bridgehead atoms. The van der Waals surface area contributed by atoms with Gasteiger partial charge in [0.15, 0.2) is 0 Å². The minimum atomic E-state index is -2.22. The van der Waals surface area contributed by atoms with Crippen molar-refractivity contribution in [3.63, 3.8) is 0 Å². The number of hydrogen-bond acceptors (Lipinski definition) is 8. The molecule has 0 atom stereocenters. The van der Waals surface area contributed by atoms with Gasteiger partial charge in [-0.25, -0.2) is 9.59 Å². The van der Waals surface area contributed by atoms with E-state index in [2.05, 4.69) is 0 Å². The zero-order chi connectivity index (χ0) is 19.5. The second-order valence-corrected chi connectivity index (χ2v) is 15.3. The van der Waals surface area contributed by atoms with E-state index in [9.17, 15) is 18.7 Å². The van der Waals surface area contributed by atoms with Gasteiger partial charge in [-0.2, -0.15) is 0 Å². The van der Waals surface area contributed by atoms with Crippen molar-refractivity contribution in [1.29, 1.82) is 0 Å². The van der Waals surface area contributed by atoms with Gasteiger partial charge in [-0.1, -0.05) is 27.7 Å². The molecule has 0 aromatic rings. The normalized spacial score (nSPS) is 23.8. The monoisotopic (exact) mass is 408 g/mol. The minimum absolute atomic E-state index is 0.117. The van der Waals surface area contributed by atoms with Gasteiger partial charge >= 0.3 is 11.9 Å². The van der Waals surface area contributed by atoms with Crippen LogP contribution in [0.15, 0.2) is 0 Å². The Morgan fingerprint density at radius 2 is 0.962 bits per heavy atom. The van der Waals surface area contributed by atoms with Crippen LogP contribution in [0.3, 0.4) is 0 Å². The molecule has 26 heavy (non-hydrogen) atoms. The Balaban J connectivity index is 1.76. The van der Waals surface area contributed by atoms with E-state index in [0.717, 1.165) is 0 Å². The van der Waals surface area contributed by atoms with E-state index in [1.807, 2.05) is 27.7 Å². The van der Waals surface area contributed by atoms with Gasteiger partial charge in [-0.15, -0.1) is 10.1 Å². The molecule has 0 aliphatic carbocycles. The van der Waals surface area contributed by atoms with Gasteiger partial charge in [0.2, 0.25) is 0 Å². The number of nitrogens with zero attached hydrogens (tertiary/aromatic N) is 2. The Bertz CT molecular complexity index is 558. The molecular weight excluding hydrogens is 378 g/mol. The van der Waals surface area contributed by atoms with Crippen molar-refractivity contribution in [2.24, 2.45) is 0 Å². The van der Waals surface area contributed by atoms with Crippen LogP contribution in [0.25, 0.3) is 0 Å². The molecule has 0 unspecified atom stereocenters. The summed E-state index contributed by atoms with van der Waals surface area (Å²) in [5, 5.41) is 2.76. The molecule has 2 aliphatic rings. The number of rotatable bonds is 4. The molecule has 0 aromatic heterocycles. The molecule has 8 nitrogen and oxygen atoms in total. The maximum Gasteiger partial charge on any atom is 0.438 e. The van der Waals surface area contributed by atoms with Gasteiger partial charge in [0.05, 0.1) is 14.3 Å². The highest BCUT2D eigenvalue weighted by atomic mass is 31.2. The molecule has 150 valence electrons. The lowest BCUT2D eigenvalue weighted by Crippen LogP contribution is -2.43. The molecule has 2 rings (SSSR count). The molecular formula is C16H30N2O6P2. The molecule has 0 aromatic carbocycles. The van der Waals surface area contributed by atoms with Crippen molar-refractivity contribution < 1.29 is 28.4 Å². The van der Waals surface area contributed by atoms with Crippen LogP contribution in [0, 0.1) is 0 Å². The minimum Gasteiger partial charge on any atom is -0.359 e. The number of carbonyl (C=O) groups is 2. The summed E-state index contributed by atoms with van der Waals surface area (Å²) in [6, 6.07) is 0. The van der Waals surface area contributed by atoms with Crippen molar-refractivity contribution >= 4 is 26.2 Å². The van der Waals surface area contributed by atoms with E-state index in [0.29, 0.717) is 50.8 Å². The highest BCUT2D eigenvalue weighted by Gasteiger charge is 2.36. The molecule has 0 amide bonds. The summed E-state index contributed by atoms with van der Waals surface area (Å²) >= 11 is 0. The molecule has 2 fully saturated rings. The maximum absolute atomic E-state index is 12.6. The summed E-state index contributed by atoms with van der Waals surface area (Å²) in [6.07, 6.45) is 1.90. The fourth-order valence-electron chi connectivity index (χ4n) is 3.09. The Labute approximate surface area is 155 Å². The summed E-state index contributed by atoms with van der Waals surface area (Å²) in [7, 11) is -4.45. The van der Waals surface area contributed by atoms with Crippen molar-refractivity contribution in [3.8, 4) is 0 Å². The van der Waals surface area contributed by atoms with E-state index in [1.165, 1.54) is 10.1 Å². The third kappa shape index (κ3) is 5.19. The van der Waals surface area contributed by atoms with Crippen LogP contribution >= 0.6 is 14.3 Å². The second kappa shape index (κ2) is 8.55. The molecule has 2 heterocycles. The van der Waals surface area contributed by atoms with E-state index < -0.39 is 26.2 Å². The number of carbonyl (C=O) groups excluding carboxylic acids is 2. The van der Waals surface area contributed by atoms with E-state index in [1.54, 1.807) is 0 Å². The molecule has 0 N–H and O–H groups in total. The molecule has 0 spiro atoms. The van der Waals surface area contributed by atoms with E-state index in [-0.39, 0.29) is 11.3 Å². The summed E-state index contributed by atoms with van der Waals surface area (Å²) in [6.45, 7) is 9.19. The number of hydrogen-bond donors (Lipinski definition) is 0. The smallest absolute Gasteiger partial charge is 0.359 e. The van der Waals surface area contributed by atoms with Crippen LogP contribution in [-0.4, -0.2) is 84.2 Å². The Morgan fingerprint density at radius 3 is 1.19 bits per heavy atom. The quantitative estimate of drug-likeness (QED) is 0.516. The van der Waals surface area contributed by atoms with Crippen LogP contribution in [-0.2, 0) is 28.4 Å². The topological polar surface area (TPSA) is 93.2 Å². The predicted octanol–water partition coefficient (Wildman–Crippen LogP) is 2.08. The third-order valence-corrected chi connectivity index (χ3v) is 13.0. The van der Waals surface area contributed by atoms with Crippen LogP contribution in [0.2, 0.25) is 0 Å². The van der Waals surface area contributed by atoms with Crippen molar-refractivity contribution in [3.05, 3.63) is 0 Å². The van der Waals surface area contributed by atoms with Crippen LogP contribution in [0.1, 0.15) is 27.7 Å². The van der Waals surface area contributed by atoms with Gasteiger partial charge in [0.25, 0.3) is 0 Å². The molecule has 2 saturated heterocycles. The Kier molecular flexibility index (Phi) is 7.11. The fourth-order valence-corrected chi connectivity index (χ4v) is 7.85. The van der Waals surface area contributed by atoms with Crippen molar-refractivity contribution in [2.75, 3.05) is 50.8 Å². The highest BCUT2D eigenvalue weighted by molar-refractivity contribution is 7.65. The average Bonchev–Trinajstić information content (AvgIpc) is 2.58. The summed E-state index contributed by atoms with van der Waals surface area (Å²) < 4.78 is 25.1. The molecule has 0 saturated carbocycles. The van der Waals surface area contributed by atoms with Crippen LogP contribution in [0.4, 0.5) is 0 Å². The van der Waals surface area contributed by atoms with Crippen LogP contribution in [0.5, 0.6) is 0 Å². The zero-order valence-electron chi connectivity index (χ0n) is 16.0. The highest BCUT2D eigenvalue weighted by Crippen LogP contribution is 2.52. The number of hydroxylamine groups is 4. The Morgan fingerprint density at radius 1 is 0.692 bits per heavy atom.